The second-order valence-corrected chi connectivity index (χ2v) is 7.42. The fraction of sp³-hybridized carbons (Fsp3) is 0.333. The van der Waals surface area contributed by atoms with Crippen LogP contribution in [0, 0.1) is 37.8 Å². The van der Waals surface area contributed by atoms with Crippen LogP contribution in [0.2, 0.25) is 0 Å². The molecule has 0 N–H and O–H groups in total. The van der Waals surface area contributed by atoms with Gasteiger partial charge in [0.05, 0.1) is 4.92 Å². The fourth-order valence-electron chi connectivity index (χ4n) is 3.88. The lowest BCUT2D eigenvalue weighted by molar-refractivity contribution is -0.386. The summed E-state index contributed by atoms with van der Waals surface area (Å²) in [5, 5.41) is 15.4. The van der Waals surface area contributed by atoms with E-state index in [1.807, 2.05) is 38.1 Å². The molecule has 3 heterocycles. The van der Waals surface area contributed by atoms with Gasteiger partial charge in [-0.1, -0.05) is 6.07 Å². The van der Waals surface area contributed by atoms with Gasteiger partial charge in [-0.2, -0.15) is 5.10 Å². The van der Waals surface area contributed by atoms with Crippen molar-refractivity contribution in [1.29, 1.82) is 0 Å². The third-order valence-corrected chi connectivity index (χ3v) is 5.47. The average Bonchev–Trinajstić information content (AvgIpc) is 3.34. The van der Waals surface area contributed by atoms with Crippen molar-refractivity contribution in [3.8, 4) is 11.5 Å². The molecule has 0 aliphatic carbocycles. The minimum Gasteiger partial charge on any atom is -0.454 e. The minimum atomic E-state index is -0.462. The normalized spacial score (nSPS) is 12.4. The highest BCUT2D eigenvalue weighted by Gasteiger charge is 2.24. The van der Waals surface area contributed by atoms with E-state index in [9.17, 15) is 14.9 Å². The van der Waals surface area contributed by atoms with E-state index < -0.39 is 4.92 Å². The van der Waals surface area contributed by atoms with Crippen molar-refractivity contribution in [3.05, 3.63) is 68.3 Å². The number of carbonyl (C=O) groups excluding carboxylic acids is 1. The molecule has 156 valence electrons. The molecule has 0 spiro atoms. The zero-order chi connectivity index (χ0) is 21.6. The van der Waals surface area contributed by atoms with E-state index >= 15 is 0 Å². The summed E-state index contributed by atoms with van der Waals surface area (Å²) in [7, 11) is 0. The third kappa shape index (κ3) is 3.32. The number of rotatable bonds is 6. The highest BCUT2D eigenvalue weighted by Crippen LogP contribution is 2.33. The molecule has 0 fully saturated rings. The van der Waals surface area contributed by atoms with Crippen LogP contribution in [0.5, 0.6) is 11.5 Å². The Kier molecular flexibility index (Phi) is 4.81. The fourth-order valence-corrected chi connectivity index (χ4v) is 3.88. The standard InChI is InChI=1S/C21H22N4O5/c1-12-7-17(18(26)10-24-15(4)21(25(27)28)13(2)22-24)14(3)23(12)9-16-5-6-19-20(8-16)30-11-29-19/h5-8H,9-11H2,1-4H3. The molecule has 0 saturated heterocycles. The number of benzene rings is 1. The van der Waals surface area contributed by atoms with Crippen molar-refractivity contribution in [2.24, 2.45) is 0 Å². The Hall–Kier alpha value is -3.62. The first-order valence-electron chi connectivity index (χ1n) is 9.53. The number of aryl methyl sites for hydroxylation is 2. The number of nitrogens with zero attached hydrogens (tertiary/aromatic N) is 4. The summed E-state index contributed by atoms with van der Waals surface area (Å²) in [6, 6.07) is 7.65. The van der Waals surface area contributed by atoms with Crippen LogP contribution in [-0.2, 0) is 13.1 Å². The highest BCUT2D eigenvalue weighted by atomic mass is 16.7. The first-order chi connectivity index (χ1) is 14.3. The summed E-state index contributed by atoms with van der Waals surface area (Å²) in [6.45, 7) is 7.80. The van der Waals surface area contributed by atoms with E-state index in [0.717, 1.165) is 28.5 Å². The van der Waals surface area contributed by atoms with Gasteiger partial charge in [-0.15, -0.1) is 0 Å². The third-order valence-electron chi connectivity index (χ3n) is 5.47. The molecule has 4 rings (SSSR count). The Morgan fingerprint density at radius 2 is 1.87 bits per heavy atom. The van der Waals surface area contributed by atoms with Crippen LogP contribution in [0.25, 0.3) is 0 Å². The van der Waals surface area contributed by atoms with Crippen molar-refractivity contribution in [2.75, 3.05) is 6.79 Å². The maximum Gasteiger partial charge on any atom is 0.312 e. The predicted molar refractivity (Wildman–Crippen MR) is 108 cm³/mol. The lowest BCUT2D eigenvalue weighted by atomic mass is 10.1. The predicted octanol–water partition coefficient (Wildman–Crippen LogP) is 3.49. The van der Waals surface area contributed by atoms with E-state index in [0.29, 0.717) is 23.5 Å². The van der Waals surface area contributed by atoms with Crippen molar-refractivity contribution >= 4 is 11.5 Å². The van der Waals surface area contributed by atoms with Crippen molar-refractivity contribution in [2.45, 2.75) is 40.8 Å². The van der Waals surface area contributed by atoms with E-state index in [2.05, 4.69) is 9.67 Å². The summed E-state index contributed by atoms with van der Waals surface area (Å²) >= 11 is 0. The van der Waals surface area contributed by atoms with E-state index in [1.54, 1.807) is 13.8 Å². The SMILES string of the molecule is Cc1nn(CC(=O)c2cc(C)n(Cc3ccc4c(c3)OCO4)c2C)c(C)c1[N+](=O)[O-]. The molecule has 9 nitrogen and oxygen atoms in total. The van der Waals surface area contributed by atoms with Gasteiger partial charge >= 0.3 is 5.69 Å². The van der Waals surface area contributed by atoms with E-state index in [-0.39, 0.29) is 24.8 Å². The van der Waals surface area contributed by atoms with Gasteiger partial charge in [-0.05, 0) is 51.5 Å². The highest BCUT2D eigenvalue weighted by molar-refractivity contribution is 5.97. The molecular formula is C21H22N4O5. The smallest absolute Gasteiger partial charge is 0.312 e. The van der Waals surface area contributed by atoms with Crippen LogP contribution >= 0.6 is 0 Å². The van der Waals surface area contributed by atoms with Crippen LogP contribution < -0.4 is 9.47 Å². The molecule has 0 bridgehead atoms. The van der Waals surface area contributed by atoms with Gasteiger partial charge in [0.2, 0.25) is 6.79 Å². The molecule has 0 unspecified atom stereocenters. The van der Waals surface area contributed by atoms with Gasteiger partial charge in [-0.25, -0.2) is 0 Å². The Balaban J connectivity index is 1.58. The maximum atomic E-state index is 13.0. The van der Waals surface area contributed by atoms with Crippen LogP contribution in [-0.4, -0.2) is 31.8 Å². The lowest BCUT2D eigenvalue weighted by Crippen LogP contribution is -2.14. The molecule has 0 radical (unpaired) electrons. The quantitative estimate of drug-likeness (QED) is 0.350. The second kappa shape index (κ2) is 7.33. The van der Waals surface area contributed by atoms with Gasteiger partial charge in [0.1, 0.15) is 17.9 Å². The van der Waals surface area contributed by atoms with Gasteiger partial charge < -0.3 is 14.0 Å². The van der Waals surface area contributed by atoms with Crippen molar-refractivity contribution in [1.82, 2.24) is 14.3 Å². The first-order valence-corrected chi connectivity index (χ1v) is 9.53. The molecule has 3 aromatic rings. The second-order valence-electron chi connectivity index (χ2n) is 7.42. The van der Waals surface area contributed by atoms with Gasteiger partial charge in [0, 0.05) is 23.5 Å². The summed E-state index contributed by atoms with van der Waals surface area (Å²) in [5.41, 5.74) is 4.05. The maximum absolute atomic E-state index is 13.0. The largest absolute Gasteiger partial charge is 0.454 e. The summed E-state index contributed by atoms with van der Waals surface area (Å²) in [6.07, 6.45) is 0. The summed E-state index contributed by atoms with van der Waals surface area (Å²) in [5.74, 6) is 1.31. The minimum absolute atomic E-state index is 0.0453. The molecule has 0 saturated carbocycles. The summed E-state index contributed by atoms with van der Waals surface area (Å²) < 4.78 is 14.3. The van der Waals surface area contributed by atoms with Gasteiger partial charge in [0.15, 0.2) is 17.3 Å². The Labute approximate surface area is 173 Å². The number of ketones is 1. The number of ether oxygens (including phenoxy) is 2. The van der Waals surface area contributed by atoms with Crippen LogP contribution in [0.4, 0.5) is 5.69 Å². The van der Waals surface area contributed by atoms with Crippen LogP contribution in [0.3, 0.4) is 0 Å². The van der Waals surface area contributed by atoms with Crippen LogP contribution in [0.1, 0.15) is 38.7 Å². The van der Waals surface area contributed by atoms with Crippen LogP contribution in [0.15, 0.2) is 24.3 Å². The molecule has 0 amide bonds. The van der Waals surface area contributed by atoms with Gasteiger partial charge in [0.25, 0.3) is 0 Å². The monoisotopic (exact) mass is 410 g/mol. The van der Waals surface area contributed by atoms with E-state index in [1.165, 1.54) is 4.68 Å². The van der Waals surface area contributed by atoms with Crippen molar-refractivity contribution in [3.63, 3.8) is 0 Å². The molecule has 1 aliphatic heterocycles. The number of Topliss-reactive ketones (excluding diaryl/α,β-unsaturated/α-hetero) is 1. The topological polar surface area (TPSA) is 101 Å². The molecule has 0 atom stereocenters. The molecule has 2 aromatic heterocycles. The molecule has 30 heavy (non-hydrogen) atoms. The zero-order valence-electron chi connectivity index (χ0n) is 17.3. The Bertz CT molecular complexity index is 1170. The number of aromatic nitrogens is 3. The van der Waals surface area contributed by atoms with Gasteiger partial charge in [-0.3, -0.25) is 19.6 Å². The number of hydrogen-bond donors (Lipinski definition) is 0. The number of carbonyl (C=O) groups is 1. The zero-order valence-corrected chi connectivity index (χ0v) is 17.3. The Morgan fingerprint density at radius 1 is 1.13 bits per heavy atom. The molecule has 1 aromatic carbocycles. The van der Waals surface area contributed by atoms with E-state index in [4.69, 9.17) is 9.47 Å². The average molecular weight is 410 g/mol. The first kappa shape index (κ1) is 19.7. The number of hydrogen-bond acceptors (Lipinski definition) is 6. The summed E-state index contributed by atoms with van der Waals surface area (Å²) in [4.78, 5) is 23.7. The molecule has 9 heteroatoms. The number of fused-ring (bicyclic) bond motifs is 1. The van der Waals surface area contributed by atoms with Crippen molar-refractivity contribution < 1.29 is 19.2 Å². The Morgan fingerprint density at radius 3 is 2.57 bits per heavy atom. The molecular weight excluding hydrogens is 388 g/mol. The number of nitro groups is 1. The lowest BCUT2D eigenvalue weighted by Gasteiger charge is -2.11. The molecule has 1 aliphatic rings.